The number of ether oxygens (including phenoxy) is 2. The Labute approximate surface area is 170 Å². The highest BCUT2D eigenvalue weighted by Gasteiger charge is 2.31. The standard InChI is InChI=1S/C20H17FN4O3S/c21-15-4-2-1-3-14(15)19-23-24-20(25(19)13-6-7-13)29-10-18(26)22-12-5-8-16-17(9-12)28-11-27-16/h1-5,8-9,13H,6-7,10-11H2,(H,22,26). The fraction of sp³-hybridized carbons (Fsp3) is 0.250. The Hall–Kier alpha value is -3.07. The van der Waals surface area contributed by atoms with Crippen molar-refractivity contribution in [3.63, 3.8) is 0 Å². The maximum atomic E-state index is 14.2. The highest BCUT2D eigenvalue weighted by Crippen LogP contribution is 2.41. The predicted octanol–water partition coefficient (Wildman–Crippen LogP) is 3.88. The zero-order chi connectivity index (χ0) is 19.8. The van der Waals surface area contributed by atoms with E-state index < -0.39 is 0 Å². The van der Waals surface area contributed by atoms with Crippen molar-refractivity contribution in [1.29, 1.82) is 0 Å². The van der Waals surface area contributed by atoms with Gasteiger partial charge in [-0.15, -0.1) is 10.2 Å². The molecular formula is C20H17FN4O3S. The minimum Gasteiger partial charge on any atom is -0.454 e. The Morgan fingerprint density at radius 1 is 1.17 bits per heavy atom. The van der Waals surface area contributed by atoms with Gasteiger partial charge in [0, 0.05) is 17.8 Å². The number of amides is 1. The van der Waals surface area contributed by atoms with E-state index in [1.807, 2.05) is 4.57 Å². The number of fused-ring (bicyclic) bond motifs is 1. The molecule has 7 nitrogen and oxygen atoms in total. The molecule has 1 amide bonds. The quantitative estimate of drug-likeness (QED) is 0.619. The number of thioether (sulfide) groups is 1. The maximum Gasteiger partial charge on any atom is 0.234 e. The molecule has 2 heterocycles. The number of nitrogens with one attached hydrogen (secondary N) is 1. The monoisotopic (exact) mass is 412 g/mol. The summed E-state index contributed by atoms with van der Waals surface area (Å²) in [6.07, 6.45) is 1.99. The van der Waals surface area contributed by atoms with E-state index in [1.54, 1.807) is 36.4 Å². The SMILES string of the molecule is O=C(CSc1nnc(-c2ccccc2F)n1C1CC1)Nc1ccc2c(c1)OCO2. The molecule has 0 spiro atoms. The van der Waals surface area contributed by atoms with E-state index in [4.69, 9.17) is 9.47 Å². The second-order valence-corrected chi connectivity index (χ2v) is 7.73. The van der Waals surface area contributed by atoms with Crippen LogP contribution < -0.4 is 14.8 Å². The molecule has 9 heteroatoms. The molecule has 1 N–H and O–H groups in total. The van der Waals surface area contributed by atoms with Gasteiger partial charge >= 0.3 is 0 Å². The van der Waals surface area contributed by atoms with Crippen molar-refractivity contribution in [3.05, 3.63) is 48.3 Å². The molecule has 29 heavy (non-hydrogen) atoms. The fourth-order valence-electron chi connectivity index (χ4n) is 3.17. The molecule has 148 valence electrons. The van der Waals surface area contributed by atoms with Gasteiger partial charge in [-0.25, -0.2) is 4.39 Å². The van der Waals surface area contributed by atoms with Crippen molar-refractivity contribution < 1.29 is 18.7 Å². The lowest BCUT2D eigenvalue weighted by Gasteiger charge is -2.10. The van der Waals surface area contributed by atoms with E-state index in [-0.39, 0.29) is 30.3 Å². The van der Waals surface area contributed by atoms with Gasteiger partial charge in [-0.3, -0.25) is 9.36 Å². The zero-order valence-electron chi connectivity index (χ0n) is 15.3. The summed E-state index contributed by atoms with van der Waals surface area (Å²) in [4.78, 5) is 12.4. The molecule has 0 radical (unpaired) electrons. The Kier molecular flexibility index (Phi) is 4.59. The highest BCUT2D eigenvalue weighted by molar-refractivity contribution is 7.99. The number of halogens is 1. The van der Waals surface area contributed by atoms with Crippen LogP contribution in [0.3, 0.4) is 0 Å². The molecule has 2 aromatic carbocycles. The average molecular weight is 412 g/mol. The van der Waals surface area contributed by atoms with Crippen molar-refractivity contribution in [2.75, 3.05) is 17.9 Å². The van der Waals surface area contributed by atoms with Gasteiger partial charge in [-0.05, 0) is 37.1 Å². The minimum atomic E-state index is -0.334. The van der Waals surface area contributed by atoms with Gasteiger partial charge in [0.25, 0.3) is 0 Å². The van der Waals surface area contributed by atoms with Crippen molar-refractivity contribution in [2.45, 2.75) is 24.0 Å². The summed E-state index contributed by atoms with van der Waals surface area (Å²) in [6, 6.07) is 12.0. The predicted molar refractivity (Wildman–Crippen MR) is 106 cm³/mol. The number of hydrogen-bond acceptors (Lipinski definition) is 6. The largest absolute Gasteiger partial charge is 0.454 e. The lowest BCUT2D eigenvalue weighted by molar-refractivity contribution is -0.113. The molecule has 3 aromatic rings. The smallest absolute Gasteiger partial charge is 0.234 e. The number of benzene rings is 2. The molecule has 1 aliphatic carbocycles. The third-order valence-corrected chi connectivity index (χ3v) is 5.62. The summed E-state index contributed by atoms with van der Waals surface area (Å²) >= 11 is 1.29. The Balaban J connectivity index is 1.30. The van der Waals surface area contributed by atoms with E-state index in [0.29, 0.717) is 33.7 Å². The third-order valence-electron chi connectivity index (χ3n) is 4.68. The van der Waals surface area contributed by atoms with Crippen LogP contribution in [0.2, 0.25) is 0 Å². The number of rotatable bonds is 6. The summed E-state index contributed by atoms with van der Waals surface area (Å²) in [6.45, 7) is 0.184. The van der Waals surface area contributed by atoms with Crippen molar-refractivity contribution in [2.24, 2.45) is 0 Å². The minimum absolute atomic E-state index is 0.163. The van der Waals surface area contributed by atoms with Crippen LogP contribution in [0.4, 0.5) is 10.1 Å². The average Bonchev–Trinajstić information content (AvgIpc) is 3.30. The van der Waals surface area contributed by atoms with E-state index >= 15 is 0 Å². The Morgan fingerprint density at radius 2 is 2.00 bits per heavy atom. The molecule has 1 aromatic heterocycles. The normalized spacial score (nSPS) is 14.8. The Morgan fingerprint density at radius 3 is 2.83 bits per heavy atom. The van der Waals surface area contributed by atoms with E-state index in [0.717, 1.165) is 12.8 Å². The van der Waals surface area contributed by atoms with Gasteiger partial charge in [0.2, 0.25) is 12.7 Å². The van der Waals surface area contributed by atoms with Crippen LogP contribution >= 0.6 is 11.8 Å². The first kappa shape index (κ1) is 18.0. The third kappa shape index (κ3) is 3.65. The van der Waals surface area contributed by atoms with Gasteiger partial charge in [-0.1, -0.05) is 23.9 Å². The molecule has 0 atom stereocenters. The number of anilines is 1. The molecule has 2 aliphatic rings. The lowest BCUT2D eigenvalue weighted by atomic mass is 10.2. The second kappa shape index (κ2) is 7.40. The van der Waals surface area contributed by atoms with Crippen LogP contribution in [0.15, 0.2) is 47.6 Å². The van der Waals surface area contributed by atoms with Crippen LogP contribution in [0.1, 0.15) is 18.9 Å². The van der Waals surface area contributed by atoms with Gasteiger partial charge in [0.15, 0.2) is 22.5 Å². The molecule has 1 saturated carbocycles. The fourth-order valence-corrected chi connectivity index (χ4v) is 3.97. The molecule has 0 bridgehead atoms. The van der Waals surface area contributed by atoms with Crippen molar-refractivity contribution in [1.82, 2.24) is 14.8 Å². The van der Waals surface area contributed by atoms with Crippen molar-refractivity contribution in [3.8, 4) is 22.9 Å². The summed E-state index contributed by atoms with van der Waals surface area (Å²) in [7, 11) is 0. The van der Waals surface area contributed by atoms with Gasteiger partial charge < -0.3 is 14.8 Å². The number of nitrogens with zero attached hydrogens (tertiary/aromatic N) is 3. The number of aromatic nitrogens is 3. The lowest BCUT2D eigenvalue weighted by Crippen LogP contribution is -2.14. The van der Waals surface area contributed by atoms with E-state index in [2.05, 4.69) is 15.5 Å². The van der Waals surface area contributed by atoms with Crippen LogP contribution in [0.25, 0.3) is 11.4 Å². The van der Waals surface area contributed by atoms with E-state index in [9.17, 15) is 9.18 Å². The number of carbonyl (C=O) groups excluding carboxylic acids is 1. The van der Waals surface area contributed by atoms with Gasteiger partial charge in [0.05, 0.1) is 11.3 Å². The van der Waals surface area contributed by atoms with Crippen LogP contribution in [-0.2, 0) is 4.79 Å². The molecular weight excluding hydrogens is 395 g/mol. The summed E-state index contributed by atoms with van der Waals surface area (Å²) in [5, 5.41) is 11.9. The summed E-state index contributed by atoms with van der Waals surface area (Å²) in [5.74, 6) is 1.43. The first-order valence-corrected chi connectivity index (χ1v) is 10.2. The Bertz CT molecular complexity index is 1080. The van der Waals surface area contributed by atoms with Crippen LogP contribution in [0, 0.1) is 5.82 Å². The number of carbonyl (C=O) groups is 1. The summed E-state index contributed by atoms with van der Waals surface area (Å²) < 4.78 is 26.8. The highest BCUT2D eigenvalue weighted by atomic mass is 32.2. The summed E-state index contributed by atoms with van der Waals surface area (Å²) in [5.41, 5.74) is 1.05. The molecule has 1 fully saturated rings. The molecule has 1 aliphatic heterocycles. The number of hydrogen-bond donors (Lipinski definition) is 1. The van der Waals surface area contributed by atoms with Gasteiger partial charge in [0.1, 0.15) is 5.82 Å². The van der Waals surface area contributed by atoms with Crippen LogP contribution in [0.5, 0.6) is 11.5 Å². The molecule has 5 rings (SSSR count). The van der Waals surface area contributed by atoms with Crippen molar-refractivity contribution >= 4 is 23.4 Å². The topological polar surface area (TPSA) is 78.3 Å². The van der Waals surface area contributed by atoms with E-state index in [1.165, 1.54) is 17.8 Å². The second-order valence-electron chi connectivity index (χ2n) is 6.79. The maximum absolute atomic E-state index is 14.2. The van der Waals surface area contributed by atoms with Gasteiger partial charge in [-0.2, -0.15) is 0 Å². The first-order valence-electron chi connectivity index (χ1n) is 9.21. The van der Waals surface area contributed by atoms with Crippen LogP contribution in [-0.4, -0.2) is 33.2 Å². The molecule has 0 saturated heterocycles. The molecule has 0 unspecified atom stereocenters. The zero-order valence-corrected chi connectivity index (χ0v) is 16.1. The first-order chi connectivity index (χ1) is 14.2.